The Morgan fingerprint density at radius 2 is 1.49 bits per heavy atom. The van der Waals surface area contributed by atoms with Crippen molar-refractivity contribution in [3.05, 3.63) is 115 Å². The normalized spacial score (nSPS) is 11.3. The zero-order valence-corrected chi connectivity index (χ0v) is 21.1. The van der Waals surface area contributed by atoms with Gasteiger partial charge in [0.2, 0.25) is 5.88 Å². The lowest BCUT2D eigenvalue weighted by molar-refractivity contribution is 0.410. The SMILES string of the molecule is COc1cc(Oc2ccc3c4ccccc4n(-c4cc(-c5ccccc5)ccn4)c3c2)nc2c(O)cccc12. The molecule has 188 valence electrons. The number of methoxy groups -OCH3 is 1. The number of aromatic nitrogens is 3. The molecule has 3 heterocycles. The van der Waals surface area contributed by atoms with Crippen LogP contribution in [0.4, 0.5) is 0 Å². The third kappa shape index (κ3) is 3.90. The number of ether oxygens (including phenoxy) is 2. The second-order valence-corrected chi connectivity index (χ2v) is 9.24. The molecule has 7 aromatic rings. The van der Waals surface area contributed by atoms with Gasteiger partial charge in [-0.2, -0.15) is 0 Å². The third-order valence-corrected chi connectivity index (χ3v) is 6.93. The Kier molecular flexibility index (Phi) is 5.37. The van der Waals surface area contributed by atoms with Crippen LogP contribution in [0.2, 0.25) is 0 Å². The number of hydrogen-bond acceptors (Lipinski definition) is 5. The summed E-state index contributed by atoms with van der Waals surface area (Å²) in [5.74, 6) is 2.39. The van der Waals surface area contributed by atoms with Gasteiger partial charge in [-0.1, -0.05) is 54.6 Å². The van der Waals surface area contributed by atoms with Crippen LogP contribution in [0.3, 0.4) is 0 Å². The van der Waals surface area contributed by atoms with Crippen molar-refractivity contribution in [1.82, 2.24) is 14.5 Å². The first-order valence-corrected chi connectivity index (χ1v) is 12.6. The van der Waals surface area contributed by atoms with Crippen molar-refractivity contribution in [2.24, 2.45) is 0 Å². The smallest absolute Gasteiger partial charge is 0.223 e. The third-order valence-electron chi connectivity index (χ3n) is 6.93. The van der Waals surface area contributed by atoms with Crippen LogP contribution < -0.4 is 9.47 Å². The number of phenolic OH excluding ortho intramolecular Hbond substituents is 1. The van der Waals surface area contributed by atoms with Crippen LogP contribution >= 0.6 is 0 Å². The number of aromatic hydroxyl groups is 1. The van der Waals surface area contributed by atoms with Crippen molar-refractivity contribution < 1.29 is 14.6 Å². The van der Waals surface area contributed by atoms with Gasteiger partial charge < -0.3 is 14.6 Å². The van der Waals surface area contributed by atoms with Crippen LogP contribution in [-0.4, -0.2) is 26.8 Å². The minimum atomic E-state index is 0.0659. The summed E-state index contributed by atoms with van der Waals surface area (Å²) in [7, 11) is 1.59. The molecule has 0 bridgehead atoms. The molecule has 0 fully saturated rings. The lowest BCUT2D eigenvalue weighted by Gasteiger charge is -2.12. The van der Waals surface area contributed by atoms with Crippen LogP contribution in [0.5, 0.6) is 23.1 Å². The minimum Gasteiger partial charge on any atom is -0.506 e. The highest BCUT2D eigenvalue weighted by Gasteiger charge is 2.16. The Morgan fingerprint density at radius 1 is 0.692 bits per heavy atom. The highest BCUT2D eigenvalue weighted by Crippen LogP contribution is 2.37. The Morgan fingerprint density at radius 3 is 2.36 bits per heavy atom. The van der Waals surface area contributed by atoms with Crippen molar-refractivity contribution in [3.8, 4) is 40.1 Å². The number of benzene rings is 4. The van der Waals surface area contributed by atoms with Gasteiger partial charge in [0, 0.05) is 34.5 Å². The van der Waals surface area contributed by atoms with E-state index in [1.807, 2.05) is 60.8 Å². The maximum Gasteiger partial charge on any atom is 0.223 e. The first-order valence-electron chi connectivity index (χ1n) is 12.6. The molecule has 39 heavy (non-hydrogen) atoms. The van der Waals surface area contributed by atoms with Crippen molar-refractivity contribution in [3.63, 3.8) is 0 Å². The average Bonchev–Trinajstić information content (AvgIpc) is 3.31. The fraction of sp³-hybridized carbons (Fsp3) is 0.0303. The van der Waals surface area contributed by atoms with Crippen molar-refractivity contribution in [2.75, 3.05) is 7.11 Å². The molecule has 0 spiro atoms. The van der Waals surface area contributed by atoms with E-state index in [4.69, 9.17) is 14.5 Å². The maximum atomic E-state index is 10.4. The summed E-state index contributed by atoms with van der Waals surface area (Å²) in [6.07, 6.45) is 1.84. The molecule has 0 aliphatic heterocycles. The molecule has 4 aromatic carbocycles. The molecule has 0 unspecified atom stereocenters. The number of pyridine rings is 2. The van der Waals surface area contributed by atoms with Crippen molar-refractivity contribution in [2.45, 2.75) is 0 Å². The highest BCUT2D eigenvalue weighted by atomic mass is 16.5. The molecule has 0 amide bonds. The summed E-state index contributed by atoms with van der Waals surface area (Å²) >= 11 is 0. The van der Waals surface area contributed by atoms with Gasteiger partial charge in [0.15, 0.2) is 0 Å². The van der Waals surface area contributed by atoms with Crippen molar-refractivity contribution in [1.29, 1.82) is 0 Å². The zero-order valence-electron chi connectivity index (χ0n) is 21.1. The van der Waals surface area contributed by atoms with Gasteiger partial charge in [0.25, 0.3) is 0 Å². The number of hydrogen-bond donors (Lipinski definition) is 1. The number of phenols is 1. The van der Waals surface area contributed by atoms with E-state index in [1.54, 1.807) is 25.3 Å². The van der Waals surface area contributed by atoms with Gasteiger partial charge in [-0.3, -0.25) is 4.57 Å². The summed E-state index contributed by atoms with van der Waals surface area (Å²) in [6.45, 7) is 0. The minimum absolute atomic E-state index is 0.0659. The molecule has 0 atom stereocenters. The fourth-order valence-electron chi connectivity index (χ4n) is 5.13. The van der Waals surface area contributed by atoms with E-state index in [0.29, 0.717) is 28.3 Å². The second kappa shape index (κ2) is 9.19. The Bertz CT molecular complexity index is 2000. The van der Waals surface area contributed by atoms with E-state index in [9.17, 15) is 5.11 Å². The molecule has 0 radical (unpaired) electrons. The van der Waals surface area contributed by atoms with Gasteiger partial charge in [-0.05, 0) is 53.6 Å². The van der Waals surface area contributed by atoms with E-state index in [2.05, 4.69) is 45.9 Å². The summed E-state index contributed by atoms with van der Waals surface area (Å²) in [6, 6.07) is 35.6. The van der Waals surface area contributed by atoms with E-state index in [-0.39, 0.29) is 5.75 Å². The first kappa shape index (κ1) is 22.8. The molecule has 0 aliphatic rings. The predicted molar refractivity (Wildman–Crippen MR) is 154 cm³/mol. The topological polar surface area (TPSA) is 69.4 Å². The molecule has 6 nitrogen and oxygen atoms in total. The van der Waals surface area contributed by atoms with Gasteiger partial charge in [-0.15, -0.1) is 0 Å². The molecule has 6 heteroatoms. The lowest BCUT2D eigenvalue weighted by Crippen LogP contribution is -1.98. The van der Waals surface area contributed by atoms with Gasteiger partial charge >= 0.3 is 0 Å². The maximum absolute atomic E-state index is 10.4. The molecule has 7 rings (SSSR count). The van der Waals surface area contributed by atoms with Crippen LogP contribution in [-0.2, 0) is 0 Å². The fourth-order valence-corrected chi connectivity index (χ4v) is 5.13. The standard InChI is InChI=1S/C33H23N3O3/c1-38-30-20-32(35-33-26(30)11-7-13-29(33)37)39-23-14-15-25-24-10-5-6-12-27(24)36(28(25)19-23)31-18-22(16-17-34-31)21-8-3-2-4-9-21/h2-20,37H,1H3. The molecular formula is C33H23N3O3. The van der Waals surface area contributed by atoms with Crippen LogP contribution in [0.1, 0.15) is 0 Å². The van der Waals surface area contributed by atoms with E-state index < -0.39 is 0 Å². The largest absolute Gasteiger partial charge is 0.506 e. The summed E-state index contributed by atoms with van der Waals surface area (Å²) in [5.41, 5.74) is 4.65. The Balaban J connectivity index is 1.38. The molecule has 0 saturated carbocycles. The van der Waals surface area contributed by atoms with Crippen LogP contribution in [0.25, 0.3) is 49.7 Å². The zero-order chi connectivity index (χ0) is 26.3. The van der Waals surface area contributed by atoms with Crippen LogP contribution in [0, 0.1) is 0 Å². The summed E-state index contributed by atoms with van der Waals surface area (Å²) in [4.78, 5) is 9.31. The molecule has 0 saturated heterocycles. The first-order chi connectivity index (χ1) is 19.2. The molecule has 1 N–H and O–H groups in total. The van der Waals surface area contributed by atoms with E-state index in [1.165, 1.54) is 0 Å². The number of rotatable bonds is 5. The van der Waals surface area contributed by atoms with Gasteiger partial charge in [-0.25, -0.2) is 9.97 Å². The predicted octanol–water partition coefficient (Wildman–Crippen LogP) is 7.90. The van der Waals surface area contributed by atoms with Crippen LogP contribution in [0.15, 0.2) is 115 Å². The summed E-state index contributed by atoms with van der Waals surface area (Å²) < 4.78 is 13.9. The number of para-hydroxylation sites is 2. The number of fused-ring (bicyclic) bond motifs is 4. The van der Waals surface area contributed by atoms with E-state index in [0.717, 1.165) is 38.8 Å². The average molecular weight is 510 g/mol. The second-order valence-electron chi connectivity index (χ2n) is 9.24. The summed E-state index contributed by atoms with van der Waals surface area (Å²) in [5, 5.41) is 13.3. The molecule has 3 aromatic heterocycles. The Hall–Kier alpha value is -5.36. The monoisotopic (exact) mass is 509 g/mol. The highest BCUT2D eigenvalue weighted by molar-refractivity contribution is 6.09. The number of nitrogens with zero attached hydrogens (tertiary/aromatic N) is 3. The van der Waals surface area contributed by atoms with Gasteiger partial charge in [0.05, 0.1) is 18.1 Å². The van der Waals surface area contributed by atoms with E-state index >= 15 is 0 Å². The van der Waals surface area contributed by atoms with Gasteiger partial charge in [0.1, 0.15) is 28.6 Å². The quantitative estimate of drug-likeness (QED) is 0.255. The lowest BCUT2D eigenvalue weighted by atomic mass is 10.1. The van der Waals surface area contributed by atoms with Crippen molar-refractivity contribution >= 4 is 32.7 Å². The molecule has 0 aliphatic carbocycles. The Labute approximate surface area is 224 Å². The molecular weight excluding hydrogens is 486 g/mol.